The second-order valence-electron chi connectivity index (χ2n) is 6.99. The van der Waals surface area contributed by atoms with Gasteiger partial charge in [0.1, 0.15) is 10.7 Å². The van der Waals surface area contributed by atoms with Crippen molar-refractivity contribution in [1.82, 2.24) is 5.32 Å². The molecule has 0 aromatic heterocycles. The molecular weight excluding hydrogens is 449 g/mol. The number of hydrogen-bond donors (Lipinski definition) is 2. The van der Waals surface area contributed by atoms with Gasteiger partial charge in [0.05, 0.1) is 5.69 Å². The normalized spacial score (nSPS) is 13.5. The number of hydrogen-bond acceptors (Lipinski definition) is 4. The fourth-order valence-corrected chi connectivity index (χ4v) is 3.54. The molecule has 0 spiro atoms. The van der Waals surface area contributed by atoms with E-state index >= 15 is 0 Å². The monoisotopic (exact) mass is 465 g/mol. The van der Waals surface area contributed by atoms with Crippen LogP contribution >= 0.6 is 23.2 Å². The largest absolute Gasteiger partial charge is 0.350 e. The van der Waals surface area contributed by atoms with E-state index in [1.807, 2.05) is 30.3 Å². The Labute approximate surface area is 194 Å². The molecular formula is C24H17Cl2N3O3. The van der Waals surface area contributed by atoms with Gasteiger partial charge in [-0.2, -0.15) is 0 Å². The van der Waals surface area contributed by atoms with Crippen molar-refractivity contribution >= 4 is 52.3 Å². The zero-order valence-electron chi connectivity index (χ0n) is 16.6. The zero-order chi connectivity index (χ0) is 22.7. The Bertz CT molecular complexity index is 1220. The van der Waals surface area contributed by atoms with Crippen LogP contribution in [0.25, 0.3) is 0 Å². The predicted octanol–water partition coefficient (Wildman–Crippen LogP) is 4.71. The number of carbonyl (C=O) groups excluding carboxylic acids is 3. The number of nitrogens with zero attached hydrogens (tertiary/aromatic N) is 1. The Morgan fingerprint density at radius 3 is 2.28 bits per heavy atom. The molecule has 3 aromatic rings. The lowest BCUT2D eigenvalue weighted by atomic mass is 10.1. The molecule has 0 atom stereocenters. The van der Waals surface area contributed by atoms with Gasteiger partial charge in [-0.1, -0.05) is 59.6 Å². The summed E-state index contributed by atoms with van der Waals surface area (Å²) in [6, 6.07) is 22.4. The minimum absolute atomic E-state index is 0.0616. The number of amides is 3. The first-order chi connectivity index (χ1) is 15.4. The summed E-state index contributed by atoms with van der Waals surface area (Å²) in [5, 5.41) is 5.98. The lowest BCUT2D eigenvalue weighted by Gasteiger charge is -2.15. The van der Waals surface area contributed by atoms with Gasteiger partial charge in [-0.3, -0.25) is 14.4 Å². The van der Waals surface area contributed by atoms with Crippen LogP contribution < -0.4 is 15.5 Å². The van der Waals surface area contributed by atoms with Crippen molar-refractivity contribution in [2.24, 2.45) is 0 Å². The molecule has 1 aliphatic rings. The number of imide groups is 1. The van der Waals surface area contributed by atoms with Crippen LogP contribution in [0.2, 0.25) is 5.02 Å². The SMILES string of the molecule is O=C(NCc1ccccc1)c1cccc(NC2=C(Cl)C(=O)N(c3ccc(Cl)cc3)C2=O)c1. The molecule has 1 aliphatic heterocycles. The number of nitrogens with one attached hydrogen (secondary N) is 2. The number of anilines is 2. The maximum atomic E-state index is 12.9. The van der Waals surface area contributed by atoms with Gasteiger partial charge in [0.25, 0.3) is 17.7 Å². The van der Waals surface area contributed by atoms with E-state index in [4.69, 9.17) is 23.2 Å². The first-order valence-electron chi connectivity index (χ1n) is 9.67. The third kappa shape index (κ3) is 4.51. The lowest BCUT2D eigenvalue weighted by Crippen LogP contribution is -2.32. The van der Waals surface area contributed by atoms with Crippen molar-refractivity contribution in [3.63, 3.8) is 0 Å². The predicted molar refractivity (Wildman–Crippen MR) is 125 cm³/mol. The fourth-order valence-electron chi connectivity index (χ4n) is 3.20. The van der Waals surface area contributed by atoms with Crippen LogP contribution in [0.3, 0.4) is 0 Å². The third-order valence-electron chi connectivity index (χ3n) is 4.80. The van der Waals surface area contributed by atoms with Crippen LogP contribution in [0, 0.1) is 0 Å². The topological polar surface area (TPSA) is 78.5 Å². The van der Waals surface area contributed by atoms with Gasteiger partial charge in [0.2, 0.25) is 0 Å². The second-order valence-corrected chi connectivity index (χ2v) is 7.80. The van der Waals surface area contributed by atoms with E-state index in [0.717, 1.165) is 10.5 Å². The van der Waals surface area contributed by atoms with Crippen molar-refractivity contribution < 1.29 is 14.4 Å². The molecule has 0 aliphatic carbocycles. The summed E-state index contributed by atoms with van der Waals surface area (Å²) in [4.78, 5) is 39.0. The highest BCUT2D eigenvalue weighted by Crippen LogP contribution is 2.30. The molecule has 160 valence electrons. The van der Waals surface area contributed by atoms with Gasteiger partial charge in [-0.25, -0.2) is 4.90 Å². The Morgan fingerprint density at radius 2 is 1.56 bits per heavy atom. The molecule has 3 amide bonds. The molecule has 0 radical (unpaired) electrons. The van der Waals surface area contributed by atoms with Crippen molar-refractivity contribution in [3.05, 3.63) is 106 Å². The van der Waals surface area contributed by atoms with Crippen LogP contribution in [0.4, 0.5) is 11.4 Å². The van der Waals surface area contributed by atoms with E-state index in [-0.39, 0.29) is 16.6 Å². The highest BCUT2D eigenvalue weighted by Gasteiger charge is 2.38. The Kier molecular flexibility index (Phi) is 6.25. The summed E-state index contributed by atoms with van der Waals surface area (Å²) < 4.78 is 0. The van der Waals surface area contributed by atoms with Crippen LogP contribution in [0.1, 0.15) is 15.9 Å². The number of benzene rings is 3. The van der Waals surface area contributed by atoms with E-state index in [1.165, 1.54) is 0 Å². The van der Waals surface area contributed by atoms with Gasteiger partial charge in [-0.15, -0.1) is 0 Å². The Hall–Kier alpha value is -3.61. The fraction of sp³-hybridized carbons (Fsp3) is 0.0417. The van der Waals surface area contributed by atoms with Gasteiger partial charge >= 0.3 is 0 Å². The zero-order valence-corrected chi connectivity index (χ0v) is 18.2. The van der Waals surface area contributed by atoms with Gasteiger partial charge < -0.3 is 10.6 Å². The average Bonchev–Trinajstić information content (AvgIpc) is 3.02. The molecule has 0 unspecified atom stereocenters. The van der Waals surface area contributed by atoms with Crippen LogP contribution in [-0.4, -0.2) is 17.7 Å². The second kappa shape index (κ2) is 9.26. The summed E-state index contributed by atoms with van der Waals surface area (Å²) in [6.07, 6.45) is 0. The highest BCUT2D eigenvalue weighted by molar-refractivity contribution is 6.53. The Balaban J connectivity index is 1.49. The molecule has 0 saturated carbocycles. The van der Waals surface area contributed by atoms with Crippen molar-refractivity contribution in [2.45, 2.75) is 6.54 Å². The molecule has 2 N–H and O–H groups in total. The number of rotatable bonds is 6. The molecule has 3 aromatic carbocycles. The van der Waals surface area contributed by atoms with Crippen molar-refractivity contribution in [1.29, 1.82) is 0 Å². The number of carbonyl (C=O) groups is 3. The van der Waals surface area contributed by atoms with Gasteiger partial charge in [0.15, 0.2) is 0 Å². The number of halogens is 2. The summed E-state index contributed by atoms with van der Waals surface area (Å²) in [5.41, 5.74) is 2.12. The first kappa shape index (κ1) is 21.6. The van der Waals surface area contributed by atoms with Crippen LogP contribution in [0.15, 0.2) is 89.6 Å². The lowest BCUT2D eigenvalue weighted by molar-refractivity contribution is -0.120. The summed E-state index contributed by atoms with van der Waals surface area (Å²) in [5.74, 6) is -1.51. The maximum absolute atomic E-state index is 12.9. The molecule has 0 saturated heterocycles. The van der Waals surface area contributed by atoms with Crippen molar-refractivity contribution in [2.75, 3.05) is 10.2 Å². The van der Waals surface area contributed by atoms with E-state index < -0.39 is 11.8 Å². The van der Waals surface area contributed by atoms with E-state index in [1.54, 1.807) is 48.5 Å². The first-order valence-corrected chi connectivity index (χ1v) is 10.4. The Morgan fingerprint density at radius 1 is 0.844 bits per heavy atom. The quantitative estimate of drug-likeness (QED) is 0.516. The van der Waals surface area contributed by atoms with Gasteiger partial charge in [-0.05, 0) is 48.0 Å². The average molecular weight is 466 g/mol. The standard InChI is InChI=1S/C24H17Cl2N3O3/c25-17-9-11-19(12-10-17)29-23(31)20(26)21(24(29)32)28-18-8-4-7-16(13-18)22(30)27-14-15-5-2-1-3-6-15/h1-13,28H,14H2,(H,27,30). The molecule has 6 nitrogen and oxygen atoms in total. The molecule has 0 fully saturated rings. The van der Waals surface area contributed by atoms with Gasteiger partial charge in [0, 0.05) is 22.8 Å². The van der Waals surface area contributed by atoms with E-state index in [9.17, 15) is 14.4 Å². The van der Waals surface area contributed by atoms with E-state index in [2.05, 4.69) is 10.6 Å². The summed E-state index contributed by atoms with van der Waals surface area (Å²) >= 11 is 12.1. The van der Waals surface area contributed by atoms with Crippen molar-refractivity contribution in [3.8, 4) is 0 Å². The molecule has 4 rings (SSSR count). The molecule has 1 heterocycles. The maximum Gasteiger partial charge on any atom is 0.283 e. The molecule has 0 bridgehead atoms. The molecule has 8 heteroatoms. The van der Waals surface area contributed by atoms with E-state index in [0.29, 0.717) is 28.5 Å². The minimum Gasteiger partial charge on any atom is -0.350 e. The highest BCUT2D eigenvalue weighted by atomic mass is 35.5. The summed E-state index contributed by atoms with van der Waals surface area (Å²) in [7, 11) is 0. The minimum atomic E-state index is -0.641. The smallest absolute Gasteiger partial charge is 0.283 e. The molecule has 32 heavy (non-hydrogen) atoms. The van der Waals surface area contributed by atoms with Crippen LogP contribution in [-0.2, 0) is 16.1 Å². The van der Waals surface area contributed by atoms with Crippen LogP contribution in [0.5, 0.6) is 0 Å². The third-order valence-corrected chi connectivity index (χ3v) is 5.40. The summed E-state index contributed by atoms with van der Waals surface area (Å²) in [6.45, 7) is 0.386.